The minimum Gasteiger partial charge on any atom is -0.482 e. The van der Waals surface area contributed by atoms with Gasteiger partial charge in [0.15, 0.2) is 6.61 Å². The maximum atomic E-state index is 12.0. The number of carbonyl (C=O) groups excluding carboxylic acids is 1. The Labute approximate surface area is 138 Å². The second-order valence-electron chi connectivity index (χ2n) is 4.53. The van der Waals surface area contributed by atoms with E-state index in [1.54, 1.807) is 0 Å². The number of carbonyl (C=O) groups is 1. The highest BCUT2D eigenvalue weighted by Gasteiger charge is 2.30. The lowest BCUT2D eigenvalue weighted by Gasteiger charge is -2.10. The van der Waals surface area contributed by atoms with Crippen LogP contribution >= 0.6 is 0 Å². The predicted molar refractivity (Wildman–Crippen MR) is 77.4 cm³/mol. The average molecular weight is 357 g/mol. The number of alkyl halides is 3. The van der Waals surface area contributed by atoms with E-state index in [4.69, 9.17) is 9.47 Å². The monoisotopic (exact) mass is 357 g/mol. The molecule has 0 saturated carbocycles. The molecular formula is C15H10F3NO6. The van der Waals surface area contributed by atoms with E-state index in [1.807, 2.05) is 0 Å². The van der Waals surface area contributed by atoms with Crippen LogP contribution in [-0.2, 0) is 4.79 Å². The number of rotatable bonds is 6. The van der Waals surface area contributed by atoms with E-state index in [9.17, 15) is 28.1 Å². The summed E-state index contributed by atoms with van der Waals surface area (Å²) in [6.07, 6.45) is -4.79. The van der Waals surface area contributed by atoms with E-state index in [2.05, 4.69) is 4.74 Å². The maximum Gasteiger partial charge on any atom is 0.573 e. The van der Waals surface area contributed by atoms with Crippen molar-refractivity contribution in [2.45, 2.75) is 6.36 Å². The number of benzene rings is 2. The summed E-state index contributed by atoms with van der Waals surface area (Å²) in [5.74, 6) is -0.985. The Hall–Kier alpha value is -3.30. The summed E-state index contributed by atoms with van der Waals surface area (Å²) in [4.78, 5) is 21.5. The van der Waals surface area contributed by atoms with Crippen molar-refractivity contribution < 1.29 is 37.1 Å². The molecule has 0 N–H and O–H groups in total. The van der Waals surface area contributed by atoms with Crippen LogP contribution in [0.2, 0.25) is 0 Å². The van der Waals surface area contributed by atoms with Crippen LogP contribution in [0.15, 0.2) is 48.5 Å². The molecule has 0 spiro atoms. The van der Waals surface area contributed by atoms with E-state index >= 15 is 0 Å². The van der Waals surface area contributed by atoms with Crippen LogP contribution < -0.4 is 14.2 Å². The summed E-state index contributed by atoms with van der Waals surface area (Å²) < 4.78 is 49.7. The van der Waals surface area contributed by atoms with Crippen LogP contribution in [0.25, 0.3) is 0 Å². The Morgan fingerprint density at radius 3 is 2.00 bits per heavy atom. The number of ether oxygens (including phenoxy) is 3. The van der Waals surface area contributed by atoms with Crippen LogP contribution in [0.4, 0.5) is 18.9 Å². The molecule has 2 rings (SSSR count). The van der Waals surface area contributed by atoms with Crippen molar-refractivity contribution in [2.75, 3.05) is 6.61 Å². The average Bonchev–Trinajstić information content (AvgIpc) is 2.53. The molecule has 0 saturated heterocycles. The SMILES string of the molecule is O=C(COc1ccc(OC(F)(F)F)cc1)Oc1ccc([N+](=O)[O-])cc1. The highest BCUT2D eigenvalue weighted by atomic mass is 19.4. The van der Waals surface area contributed by atoms with Crippen molar-refractivity contribution in [2.24, 2.45) is 0 Å². The fourth-order valence-corrected chi connectivity index (χ4v) is 1.68. The Kier molecular flexibility index (Phi) is 5.42. The Balaban J connectivity index is 1.84. The summed E-state index contributed by atoms with van der Waals surface area (Å²) >= 11 is 0. The Bertz CT molecular complexity index is 743. The molecule has 0 heterocycles. The number of hydrogen-bond donors (Lipinski definition) is 0. The molecule has 0 aliphatic heterocycles. The standard InChI is InChI=1S/C15H10F3NO6/c16-15(17,18)25-13-7-5-11(6-8-13)23-9-14(20)24-12-3-1-10(2-4-12)19(21)22/h1-8H,9H2. The summed E-state index contributed by atoms with van der Waals surface area (Å²) in [7, 11) is 0. The van der Waals surface area contributed by atoms with Gasteiger partial charge in [0.05, 0.1) is 4.92 Å². The van der Waals surface area contributed by atoms with Gasteiger partial charge in [-0.3, -0.25) is 10.1 Å². The zero-order chi connectivity index (χ0) is 18.4. The largest absolute Gasteiger partial charge is 0.573 e. The molecule has 132 valence electrons. The second kappa shape index (κ2) is 7.51. The quantitative estimate of drug-likeness (QED) is 0.340. The summed E-state index contributed by atoms with van der Waals surface area (Å²) in [6, 6.07) is 9.29. The molecule has 0 radical (unpaired) electrons. The van der Waals surface area contributed by atoms with E-state index < -0.39 is 29.6 Å². The molecule has 0 aliphatic rings. The van der Waals surface area contributed by atoms with Gasteiger partial charge in [0, 0.05) is 12.1 Å². The van der Waals surface area contributed by atoms with Crippen LogP contribution in [0.1, 0.15) is 0 Å². The minimum atomic E-state index is -4.79. The van der Waals surface area contributed by atoms with E-state index in [1.165, 1.54) is 36.4 Å². The molecule has 2 aromatic rings. The summed E-state index contributed by atoms with van der Waals surface area (Å²) in [5, 5.41) is 10.5. The number of nitro groups is 1. The molecule has 10 heteroatoms. The number of esters is 1. The number of non-ortho nitro benzene ring substituents is 1. The Morgan fingerprint density at radius 1 is 0.960 bits per heavy atom. The van der Waals surface area contributed by atoms with E-state index in [0.29, 0.717) is 0 Å². The molecule has 25 heavy (non-hydrogen) atoms. The summed E-state index contributed by atoms with van der Waals surface area (Å²) in [6.45, 7) is -0.504. The maximum absolute atomic E-state index is 12.0. The van der Waals surface area contributed by atoms with Crippen molar-refractivity contribution in [3.05, 3.63) is 58.6 Å². The third-order valence-electron chi connectivity index (χ3n) is 2.69. The van der Waals surface area contributed by atoms with Gasteiger partial charge in [0.1, 0.15) is 17.2 Å². The zero-order valence-corrected chi connectivity index (χ0v) is 12.4. The van der Waals surface area contributed by atoms with Gasteiger partial charge in [-0.05, 0) is 36.4 Å². The first-order valence-corrected chi connectivity index (χ1v) is 6.67. The predicted octanol–water partition coefficient (Wildman–Crippen LogP) is 3.48. The van der Waals surface area contributed by atoms with Gasteiger partial charge < -0.3 is 14.2 Å². The fraction of sp³-hybridized carbons (Fsp3) is 0.133. The van der Waals surface area contributed by atoms with Gasteiger partial charge in [-0.15, -0.1) is 13.2 Å². The third kappa shape index (κ3) is 6.01. The first-order valence-electron chi connectivity index (χ1n) is 6.67. The second-order valence-corrected chi connectivity index (χ2v) is 4.53. The lowest BCUT2D eigenvalue weighted by atomic mass is 10.3. The number of nitro benzene ring substituents is 1. The van der Waals surface area contributed by atoms with Gasteiger partial charge in [-0.25, -0.2) is 4.79 Å². The molecule has 0 atom stereocenters. The molecule has 0 fully saturated rings. The fourth-order valence-electron chi connectivity index (χ4n) is 1.68. The first kappa shape index (κ1) is 18.0. The highest BCUT2D eigenvalue weighted by Crippen LogP contribution is 2.24. The van der Waals surface area contributed by atoms with Crippen molar-refractivity contribution in [3.63, 3.8) is 0 Å². The van der Waals surface area contributed by atoms with Gasteiger partial charge in [0.25, 0.3) is 5.69 Å². The number of hydrogen-bond acceptors (Lipinski definition) is 6. The highest BCUT2D eigenvalue weighted by molar-refractivity contribution is 5.74. The van der Waals surface area contributed by atoms with Crippen molar-refractivity contribution >= 4 is 11.7 Å². The molecule has 2 aromatic carbocycles. The van der Waals surface area contributed by atoms with Crippen LogP contribution in [0.3, 0.4) is 0 Å². The van der Waals surface area contributed by atoms with Crippen molar-refractivity contribution in [3.8, 4) is 17.2 Å². The van der Waals surface area contributed by atoms with Gasteiger partial charge >= 0.3 is 12.3 Å². The lowest BCUT2D eigenvalue weighted by molar-refractivity contribution is -0.384. The molecule has 7 nitrogen and oxygen atoms in total. The van der Waals surface area contributed by atoms with Crippen molar-refractivity contribution in [1.82, 2.24) is 0 Å². The van der Waals surface area contributed by atoms with Gasteiger partial charge in [-0.1, -0.05) is 0 Å². The van der Waals surface area contributed by atoms with Crippen LogP contribution in [-0.4, -0.2) is 23.9 Å². The topological polar surface area (TPSA) is 87.9 Å². The number of halogens is 3. The molecular weight excluding hydrogens is 347 g/mol. The molecule has 0 bridgehead atoms. The third-order valence-corrected chi connectivity index (χ3v) is 2.69. The van der Waals surface area contributed by atoms with E-state index in [0.717, 1.165) is 12.1 Å². The van der Waals surface area contributed by atoms with Crippen molar-refractivity contribution in [1.29, 1.82) is 0 Å². The van der Waals surface area contributed by atoms with Gasteiger partial charge in [0.2, 0.25) is 0 Å². The van der Waals surface area contributed by atoms with Gasteiger partial charge in [-0.2, -0.15) is 0 Å². The van der Waals surface area contributed by atoms with Crippen LogP contribution in [0, 0.1) is 10.1 Å². The molecule has 0 amide bonds. The lowest BCUT2D eigenvalue weighted by Crippen LogP contribution is -2.18. The molecule has 0 aromatic heterocycles. The molecule has 0 aliphatic carbocycles. The zero-order valence-electron chi connectivity index (χ0n) is 12.4. The smallest absolute Gasteiger partial charge is 0.482 e. The number of nitrogens with zero attached hydrogens (tertiary/aromatic N) is 1. The first-order chi connectivity index (χ1) is 11.7. The minimum absolute atomic E-state index is 0.0909. The van der Waals surface area contributed by atoms with E-state index in [-0.39, 0.29) is 17.2 Å². The summed E-state index contributed by atoms with van der Waals surface area (Å²) in [5.41, 5.74) is -0.155. The normalized spacial score (nSPS) is 10.8. The van der Waals surface area contributed by atoms with Crippen LogP contribution in [0.5, 0.6) is 17.2 Å². The Morgan fingerprint density at radius 2 is 1.48 bits per heavy atom. The molecule has 0 unspecified atom stereocenters.